The average Bonchev–Trinajstić information content (AvgIpc) is 2.49. The smallest absolute Gasteiger partial charge is 0.270 e. The Morgan fingerprint density at radius 3 is 3.05 bits per heavy atom. The molecule has 1 heterocycles. The first-order valence-electron chi connectivity index (χ1n) is 7.07. The summed E-state index contributed by atoms with van der Waals surface area (Å²) in [6.45, 7) is 7.37. The van der Waals surface area contributed by atoms with E-state index >= 15 is 0 Å². The molecule has 1 saturated heterocycles. The highest BCUT2D eigenvalue weighted by atomic mass is 79.9. The summed E-state index contributed by atoms with van der Waals surface area (Å²) in [6.07, 6.45) is 0.204. The number of rotatable bonds is 6. The van der Waals surface area contributed by atoms with Crippen molar-refractivity contribution < 1.29 is 9.66 Å². The molecule has 0 bridgehead atoms. The van der Waals surface area contributed by atoms with Gasteiger partial charge < -0.3 is 10.1 Å². The fourth-order valence-corrected chi connectivity index (χ4v) is 2.86. The maximum atomic E-state index is 10.7. The van der Waals surface area contributed by atoms with E-state index in [9.17, 15) is 10.1 Å². The van der Waals surface area contributed by atoms with Gasteiger partial charge in [0, 0.05) is 42.8 Å². The van der Waals surface area contributed by atoms with Crippen LogP contribution < -0.4 is 5.32 Å². The van der Waals surface area contributed by atoms with Gasteiger partial charge in [0.05, 0.1) is 17.6 Å². The van der Waals surface area contributed by atoms with Gasteiger partial charge in [0.25, 0.3) is 5.69 Å². The van der Waals surface area contributed by atoms with Gasteiger partial charge in [-0.2, -0.15) is 0 Å². The largest absolute Gasteiger partial charge is 0.374 e. The summed E-state index contributed by atoms with van der Waals surface area (Å²) >= 11 is 3.38. The SMILES string of the molecule is CCN1CCOC(CNCc2ccc([N+](=O)[O-])cc2Br)C1. The van der Waals surface area contributed by atoms with E-state index in [2.05, 4.69) is 33.1 Å². The number of likely N-dealkylation sites (N-methyl/N-ethyl adjacent to an activating group) is 1. The van der Waals surface area contributed by atoms with E-state index in [-0.39, 0.29) is 11.8 Å². The number of hydrogen-bond donors (Lipinski definition) is 1. The summed E-state index contributed by atoms with van der Waals surface area (Å²) in [5.74, 6) is 0. The highest BCUT2D eigenvalue weighted by Gasteiger charge is 2.18. The monoisotopic (exact) mass is 357 g/mol. The molecule has 1 aliphatic heterocycles. The van der Waals surface area contributed by atoms with Crippen LogP contribution in [0.15, 0.2) is 22.7 Å². The van der Waals surface area contributed by atoms with Crippen molar-refractivity contribution in [1.29, 1.82) is 0 Å². The van der Waals surface area contributed by atoms with Crippen LogP contribution in [0.2, 0.25) is 0 Å². The van der Waals surface area contributed by atoms with Gasteiger partial charge in [-0.05, 0) is 18.2 Å². The first-order chi connectivity index (χ1) is 10.1. The quantitative estimate of drug-likeness (QED) is 0.624. The number of benzene rings is 1. The number of nitro groups is 1. The normalized spacial score (nSPS) is 19.6. The highest BCUT2D eigenvalue weighted by molar-refractivity contribution is 9.10. The molecule has 6 nitrogen and oxygen atoms in total. The van der Waals surface area contributed by atoms with E-state index in [1.807, 2.05) is 0 Å². The van der Waals surface area contributed by atoms with Gasteiger partial charge in [-0.1, -0.05) is 22.9 Å². The first-order valence-corrected chi connectivity index (χ1v) is 7.87. The second kappa shape index (κ2) is 7.84. The summed E-state index contributed by atoms with van der Waals surface area (Å²) in [5, 5.41) is 14.0. The van der Waals surface area contributed by atoms with Crippen LogP contribution >= 0.6 is 15.9 Å². The lowest BCUT2D eigenvalue weighted by Gasteiger charge is -2.32. The second-order valence-corrected chi connectivity index (χ2v) is 5.90. The van der Waals surface area contributed by atoms with Crippen LogP contribution in [0.25, 0.3) is 0 Å². The van der Waals surface area contributed by atoms with Gasteiger partial charge in [0.1, 0.15) is 0 Å². The standard InChI is InChI=1S/C14H20BrN3O3/c1-2-17-5-6-21-13(10-17)9-16-8-11-3-4-12(18(19)20)7-14(11)15/h3-4,7,13,16H,2,5-6,8-10H2,1H3. The van der Waals surface area contributed by atoms with Gasteiger partial charge >= 0.3 is 0 Å². The van der Waals surface area contributed by atoms with Crippen LogP contribution in [0.5, 0.6) is 0 Å². The summed E-state index contributed by atoms with van der Waals surface area (Å²) in [7, 11) is 0. The molecule has 2 rings (SSSR count). The maximum absolute atomic E-state index is 10.7. The lowest BCUT2D eigenvalue weighted by Crippen LogP contribution is -2.46. The van der Waals surface area contributed by atoms with Crippen LogP contribution in [0.4, 0.5) is 5.69 Å². The molecule has 0 aromatic heterocycles. The highest BCUT2D eigenvalue weighted by Crippen LogP contribution is 2.22. The Bertz CT molecular complexity index is 498. The molecule has 0 spiro atoms. The number of nitrogens with zero attached hydrogens (tertiary/aromatic N) is 2. The number of halogens is 1. The molecule has 1 atom stereocenters. The van der Waals surface area contributed by atoms with Crippen LogP contribution in [0, 0.1) is 10.1 Å². The Morgan fingerprint density at radius 1 is 1.57 bits per heavy atom. The lowest BCUT2D eigenvalue weighted by molar-refractivity contribution is -0.384. The van der Waals surface area contributed by atoms with E-state index in [4.69, 9.17) is 4.74 Å². The van der Waals surface area contributed by atoms with E-state index in [0.717, 1.165) is 42.8 Å². The van der Waals surface area contributed by atoms with E-state index in [1.165, 1.54) is 12.1 Å². The summed E-state index contributed by atoms with van der Waals surface area (Å²) in [6, 6.07) is 4.83. The van der Waals surface area contributed by atoms with Crippen molar-refractivity contribution in [1.82, 2.24) is 10.2 Å². The molecule has 1 unspecified atom stereocenters. The average molecular weight is 358 g/mol. The third-order valence-electron chi connectivity index (χ3n) is 3.61. The van der Waals surface area contributed by atoms with Gasteiger partial charge in [0.15, 0.2) is 0 Å². The Labute approximate surface area is 132 Å². The minimum Gasteiger partial charge on any atom is -0.374 e. The van der Waals surface area contributed by atoms with Crippen molar-refractivity contribution in [2.45, 2.75) is 19.6 Å². The van der Waals surface area contributed by atoms with Gasteiger partial charge in [-0.25, -0.2) is 0 Å². The van der Waals surface area contributed by atoms with Crippen molar-refractivity contribution in [3.63, 3.8) is 0 Å². The van der Waals surface area contributed by atoms with E-state index in [1.54, 1.807) is 6.07 Å². The van der Waals surface area contributed by atoms with Crippen molar-refractivity contribution in [3.8, 4) is 0 Å². The number of morpholine rings is 1. The fraction of sp³-hybridized carbons (Fsp3) is 0.571. The molecule has 1 aromatic carbocycles. The summed E-state index contributed by atoms with van der Waals surface area (Å²) < 4.78 is 6.48. The molecule has 0 saturated carbocycles. The Kier molecular flexibility index (Phi) is 6.10. The molecule has 7 heteroatoms. The zero-order valence-corrected chi connectivity index (χ0v) is 13.6. The Balaban J connectivity index is 1.82. The fourth-order valence-electron chi connectivity index (χ4n) is 2.35. The Hall–Kier alpha value is -1.02. The predicted molar refractivity (Wildman–Crippen MR) is 84.4 cm³/mol. The van der Waals surface area contributed by atoms with E-state index < -0.39 is 4.92 Å². The number of nitrogens with one attached hydrogen (secondary N) is 1. The van der Waals surface area contributed by atoms with Crippen LogP contribution in [0.1, 0.15) is 12.5 Å². The molecule has 1 N–H and O–H groups in total. The summed E-state index contributed by atoms with van der Waals surface area (Å²) in [5.41, 5.74) is 1.10. The number of nitro benzene ring substituents is 1. The molecule has 21 heavy (non-hydrogen) atoms. The molecule has 1 aromatic rings. The van der Waals surface area contributed by atoms with Crippen molar-refractivity contribution in [2.75, 3.05) is 32.8 Å². The zero-order chi connectivity index (χ0) is 15.2. The molecule has 116 valence electrons. The van der Waals surface area contributed by atoms with Crippen LogP contribution in [0.3, 0.4) is 0 Å². The lowest BCUT2D eigenvalue weighted by atomic mass is 10.2. The number of ether oxygens (including phenoxy) is 1. The third kappa shape index (κ3) is 4.74. The predicted octanol–water partition coefficient (Wildman–Crippen LogP) is 2.17. The molecule has 1 aliphatic rings. The number of hydrogen-bond acceptors (Lipinski definition) is 5. The first kappa shape index (κ1) is 16.4. The molecular formula is C14H20BrN3O3. The van der Waals surface area contributed by atoms with Crippen molar-refractivity contribution in [3.05, 3.63) is 38.3 Å². The van der Waals surface area contributed by atoms with E-state index in [0.29, 0.717) is 6.54 Å². The minimum atomic E-state index is -0.392. The second-order valence-electron chi connectivity index (χ2n) is 5.05. The molecule has 0 aliphatic carbocycles. The molecule has 0 radical (unpaired) electrons. The third-order valence-corrected chi connectivity index (χ3v) is 4.34. The van der Waals surface area contributed by atoms with Crippen LogP contribution in [-0.4, -0.2) is 48.7 Å². The minimum absolute atomic E-state index is 0.0971. The van der Waals surface area contributed by atoms with Gasteiger partial charge in [0.2, 0.25) is 0 Å². The zero-order valence-electron chi connectivity index (χ0n) is 12.0. The van der Waals surface area contributed by atoms with Gasteiger partial charge in [-0.15, -0.1) is 0 Å². The van der Waals surface area contributed by atoms with Gasteiger partial charge in [-0.3, -0.25) is 15.0 Å². The topological polar surface area (TPSA) is 67.6 Å². The van der Waals surface area contributed by atoms with Crippen molar-refractivity contribution in [2.24, 2.45) is 0 Å². The van der Waals surface area contributed by atoms with Crippen LogP contribution in [-0.2, 0) is 11.3 Å². The molecular weight excluding hydrogens is 338 g/mol. The molecule has 1 fully saturated rings. The summed E-state index contributed by atoms with van der Waals surface area (Å²) in [4.78, 5) is 12.7. The maximum Gasteiger partial charge on any atom is 0.270 e. The Morgan fingerprint density at radius 2 is 2.38 bits per heavy atom. The molecule has 0 amide bonds. The number of non-ortho nitro benzene ring substituents is 1. The van der Waals surface area contributed by atoms with Crippen molar-refractivity contribution >= 4 is 21.6 Å².